The summed E-state index contributed by atoms with van der Waals surface area (Å²) in [6, 6.07) is 8.95. The van der Waals surface area contributed by atoms with Gasteiger partial charge in [-0.2, -0.15) is 0 Å². The summed E-state index contributed by atoms with van der Waals surface area (Å²) in [6.07, 6.45) is 5.42. The van der Waals surface area contributed by atoms with Crippen LogP contribution in [0.15, 0.2) is 24.3 Å². The number of rotatable bonds is 5. The van der Waals surface area contributed by atoms with Crippen molar-refractivity contribution in [2.75, 3.05) is 18.0 Å². The van der Waals surface area contributed by atoms with E-state index in [1.165, 1.54) is 11.3 Å². The number of nitrogens with zero attached hydrogens (tertiary/aromatic N) is 1. The third kappa shape index (κ3) is 3.27. The van der Waals surface area contributed by atoms with E-state index >= 15 is 0 Å². The van der Waals surface area contributed by atoms with Crippen LogP contribution in [0.4, 0.5) is 5.69 Å². The molecule has 1 saturated carbocycles. The summed E-state index contributed by atoms with van der Waals surface area (Å²) in [4.78, 5) is 14.4. The first-order chi connectivity index (χ1) is 10.6. The van der Waals surface area contributed by atoms with Crippen molar-refractivity contribution in [3.05, 3.63) is 29.8 Å². The molecule has 1 amide bonds. The van der Waals surface area contributed by atoms with Crippen molar-refractivity contribution < 1.29 is 9.90 Å². The molecule has 3 rings (SSSR count). The van der Waals surface area contributed by atoms with Crippen LogP contribution < -0.4 is 10.2 Å². The lowest BCUT2D eigenvalue weighted by molar-refractivity contribution is -0.123. The fourth-order valence-corrected chi connectivity index (χ4v) is 3.44. The molecule has 22 heavy (non-hydrogen) atoms. The summed E-state index contributed by atoms with van der Waals surface area (Å²) in [5.41, 5.74) is 2.01. The van der Waals surface area contributed by atoms with Gasteiger partial charge in [-0.3, -0.25) is 4.79 Å². The number of anilines is 1. The molecule has 120 valence electrons. The monoisotopic (exact) mass is 302 g/mol. The number of aliphatic hydroxyl groups is 1. The van der Waals surface area contributed by atoms with Crippen molar-refractivity contribution in [3.8, 4) is 0 Å². The highest BCUT2D eigenvalue weighted by molar-refractivity contribution is 5.76. The summed E-state index contributed by atoms with van der Waals surface area (Å²) in [6.45, 7) is 3.37. The molecular weight excluding hydrogens is 276 g/mol. The lowest BCUT2D eigenvalue weighted by atomic mass is 9.80. The Bertz CT molecular complexity index is 540. The molecule has 0 aromatic heterocycles. The molecule has 2 aliphatic rings. The Hall–Kier alpha value is -1.55. The first-order valence-corrected chi connectivity index (χ1v) is 8.41. The second-order valence-electron chi connectivity index (χ2n) is 6.81. The van der Waals surface area contributed by atoms with Crippen molar-refractivity contribution in [1.29, 1.82) is 0 Å². The van der Waals surface area contributed by atoms with Gasteiger partial charge in [0.1, 0.15) is 0 Å². The Morgan fingerprint density at radius 3 is 2.91 bits per heavy atom. The SMILES string of the molecule is CC1CCc2ccccc2N1CCC(=O)NCC1(O)CCC1. The van der Waals surface area contributed by atoms with Crippen LogP contribution in [0.5, 0.6) is 0 Å². The summed E-state index contributed by atoms with van der Waals surface area (Å²) in [7, 11) is 0. The Balaban J connectivity index is 1.53. The minimum atomic E-state index is -0.638. The molecule has 1 aliphatic heterocycles. The summed E-state index contributed by atoms with van der Waals surface area (Å²) in [5, 5.41) is 12.9. The van der Waals surface area contributed by atoms with Gasteiger partial charge in [0.15, 0.2) is 0 Å². The van der Waals surface area contributed by atoms with Gasteiger partial charge in [-0.05, 0) is 50.7 Å². The minimum absolute atomic E-state index is 0.0376. The summed E-state index contributed by atoms with van der Waals surface area (Å²) >= 11 is 0. The zero-order valence-electron chi connectivity index (χ0n) is 13.3. The third-order valence-corrected chi connectivity index (χ3v) is 5.14. The number of carbonyl (C=O) groups excluding carboxylic acids is 1. The van der Waals surface area contributed by atoms with E-state index < -0.39 is 5.60 Å². The fraction of sp³-hybridized carbons (Fsp3) is 0.611. The molecule has 2 N–H and O–H groups in total. The second-order valence-corrected chi connectivity index (χ2v) is 6.81. The van der Waals surface area contributed by atoms with Crippen LogP contribution in [-0.4, -0.2) is 35.7 Å². The van der Waals surface area contributed by atoms with Crippen LogP contribution in [0.1, 0.15) is 44.6 Å². The van der Waals surface area contributed by atoms with Gasteiger partial charge in [0, 0.05) is 31.2 Å². The largest absolute Gasteiger partial charge is 0.388 e. The molecule has 1 heterocycles. The Labute approximate surface area is 132 Å². The van der Waals surface area contributed by atoms with E-state index in [4.69, 9.17) is 0 Å². The first-order valence-electron chi connectivity index (χ1n) is 8.41. The minimum Gasteiger partial charge on any atom is -0.388 e. The first kappa shape index (κ1) is 15.3. The Kier molecular flexibility index (Phi) is 4.39. The predicted molar refractivity (Wildman–Crippen MR) is 88.0 cm³/mol. The molecule has 1 aromatic carbocycles. The topological polar surface area (TPSA) is 52.6 Å². The quantitative estimate of drug-likeness (QED) is 0.877. The Morgan fingerprint density at radius 1 is 1.41 bits per heavy atom. The number of benzene rings is 1. The highest BCUT2D eigenvalue weighted by Gasteiger charge is 2.34. The van der Waals surface area contributed by atoms with Crippen molar-refractivity contribution in [1.82, 2.24) is 5.32 Å². The molecule has 0 radical (unpaired) electrons. The van der Waals surface area contributed by atoms with Crippen LogP contribution >= 0.6 is 0 Å². The van der Waals surface area contributed by atoms with Crippen molar-refractivity contribution in [2.45, 2.75) is 57.1 Å². The van der Waals surface area contributed by atoms with Gasteiger partial charge in [0.25, 0.3) is 0 Å². The third-order valence-electron chi connectivity index (χ3n) is 5.14. The smallest absolute Gasteiger partial charge is 0.221 e. The predicted octanol–water partition coefficient (Wildman–Crippen LogP) is 2.25. The zero-order chi connectivity index (χ0) is 15.6. The fourth-order valence-electron chi connectivity index (χ4n) is 3.44. The van der Waals surface area contributed by atoms with E-state index in [1.807, 2.05) is 0 Å². The van der Waals surface area contributed by atoms with E-state index in [0.717, 1.165) is 38.6 Å². The maximum Gasteiger partial charge on any atom is 0.221 e. The number of fused-ring (bicyclic) bond motifs is 1. The average molecular weight is 302 g/mol. The normalized spacial score (nSPS) is 22.6. The van der Waals surface area contributed by atoms with Crippen LogP contribution in [0.25, 0.3) is 0 Å². The molecule has 1 unspecified atom stereocenters. The van der Waals surface area contributed by atoms with Crippen LogP contribution in [-0.2, 0) is 11.2 Å². The lowest BCUT2D eigenvalue weighted by Crippen LogP contribution is -2.48. The standard InChI is InChI=1S/C18H26N2O2/c1-14-7-8-15-5-2-3-6-16(15)20(14)12-9-17(21)19-13-18(22)10-4-11-18/h2-3,5-6,14,22H,4,7-13H2,1H3,(H,19,21). The Morgan fingerprint density at radius 2 is 2.18 bits per heavy atom. The van der Waals surface area contributed by atoms with Gasteiger partial charge >= 0.3 is 0 Å². The number of hydrogen-bond acceptors (Lipinski definition) is 3. The number of amides is 1. The molecule has 0 saturated heterocycles. The molecule has 1 aromatic rings. The lowest BCUT2D eigenvalue weighted by Gasteiger charge is -2.38. The van der Waals surface area contributed by atoms with Crippen LogP contribution in [0.3, 0.4) is 0 Å². The van der Waals surface area contributed by atoms with Gasteiger partial charge in [0.2, 0.25) is 5.91 Å². The number of para-hydroxylation sites is 1. The molecule has 1 aliphatic carbocycles. The molecule has 4 nitrogen and oxygen atoms in total. The van der Waals surface area contributed by atoms with Gasteiger partial charge in [0.05, 0.1) is 5.60 Å². The highest BCUT2D eigenvalue weighted by Crippen LogP contribution is 2.31. The van der Waals surface area contributed by atoms with Gasteiger partial charge in [-0.25, -0.2) is 0 Å². The maximum atomic E-state index is 12.0. The molecule has 4 heteroatoms. The summed E-state index contributed by atoms with van der Waals surface area (Å²) < 4.78 is 0. The van der Waals surface area contributed by atoms with E-state index in [2.05, 4.69) is 41.4 Å². The molecule has 1 fully saturated rings. The van der Waals surface area contributed by atoms with Gasteiger partial charge in [-0.15, -0.1) is 0 Å². The zero-order valence-corrected chi connectivity index (χ0v) is 13.3. The molecular formula is C18H26N2O2. The maximum absolute atomic E-state index is 12.0. The molecule has 0 spiro atoms. The number of carbonyl (C=O) groups is 1. The second kappa shape index (κ2) is 6.29. The van der Waals surface area contributed by atoms with E-state index in [0.29, 0.717) is 19.0 Å². The van der Waals surface area contributed by atoms with Crippen molar-refractivity contribution >= 4 is 11.6 Å². The van der Waals surface area contributed by atoms with Crippen LogP contribution in [0.2, 0.25) is 0 Å². The average Bonchev–Trinajstić information content (AvgIpc) is 2.50. The van der Waals surface area contributed by atoms with Gasteiger partial charge in [-0.1, -0.05) is 18.2 Å². The molecule has 1 atom stereocenters. The van der Waals surface area contributed by atoms with E-state index in [9.17, 15) is 9.90 Å². The number of aryl methyl sites for hydroxylation is 1. The van der Waals surface area contributed by atoms with E-state index in [-0.39, 0.29) is 5.91 Å². The molecule has 0 bridgehead atoms. The number of nitrogens with one attached hydrogen (secondary N) is 1. The van der Waals surface area contributed by atoms with Gasteiger partial charge < -0.3 is 15.3 Å². The van der Waals surface area contributed by atoms with E-state index in [1.54, 1.807) is 0 Å². The number of hydrogen-bond donors (Lipinski definition) is 2. The van der Waals surface area contributed by atoms with Crippen molar-refractivity contribution in [2.24, 2.45) is 0 Å². The van der Waals surface area contributed by atoms with Crippen molar-refractivity contribution in [3.63, 3.8) is 0 Å². The van der Waals surface area contributed by atoms with Crippen LogP contribution in [0, 0.1) is 0 Å². The summed E-state index contributed by atoms with van der Waals surface area (Å²) in [5.74, 6) is 0.0376. The highest BCUT2D eigenvalue weighted by atomic mass is 16.3.